The van der Waals surface area contributed by atoms with Crippen LogP contribution in [0.15, 0.2) is 52.4 Å². The highest BCUT2D eigenvalue weighted by Gasteiger charge is 2.24. The molecule has 1 heterocycles. The Morgan fingerprint density at radius 1 is 1.27 bits per heavy atom. The molecular formula is C17H14N4S. The number of rotatable bonds is 2. The summed E-state index contributed by atoms with van der Waals surface area (Å²) in [4.78, 5) is 8.93. The lowest BCUT2D eigenvalue weighted by Crippen LogP contribution is -2.46. The smallest absolute Gasteiger partial charge is 0.177 e. The molecular weight excluding hydrogens is 292 g/mol. The van der Waals surface area contributed by atoms with Gasteiger partial charge in [-0.3, -0.25) is 4.99 Å². The molecule has 22 heavy (non-hydrogen) atoms. The molecule has 0 amide bonds. The first-order valence-corrected chi connectivity index (χ1v) is 7.34. The average Bonchev–Trinajstić information content (AvgIpc) is 2.56. The zero-order valence-corrected chi connectivity index (χ0v) is 12.9. The molecule has 0 saturated carbocycles. The van der Waals surface area contributed by atoms with Gasteiger partial charge in [-0.05, 0) is 16.3 Å². The molecule has 0 radical (unpaired) electrons. The van der Waals surface area contributed by atoms with Gasteiger partial charge in [0.05, 0.1) is 10.9 Å². The Hall–Kier alpha value is -2.58. The van der Waals surface area contributed by atoms with Crippen molar-refractivity contribution in [2.24, 2.45) is 9.98 Å². The van der Waals surface area contributed by atoms with Gasteiger partial charge in [-0.15, -0.1) is 0 Å². The molecule has 0 aromatic heterocycles. The number of thiocarbonyl (C=S) groups is 1. The fraction of sp³-hybridized carbons (Fsp3) is 0.176. The fourth-order valence-corrected chi connectivity index (χ4v) is 2.71. The fourth-order valence-electron chi connectivity index (χ4n) is 2.46. The van der Waals surface area contributed by atoms with Crippen molar-refractivity contribution in [2.45, 2.75) is 12.5 Å². The number of amidine groups is 2. The van der Waals surface area contributed by atoms with Crippen LogP contribution < -0.4 is 5.32 Å². The molecule has 0 saturated heterocycles. The van der Waals surface area contributed by atoms with Crippen molar-refractivity contribution in [3.63, 3.8) is 0 Å². The molecule has 1 aliphatic rings. The molecule has 1 atom stereocenters. The van der Waals surface area contributed by atoms with Crippen molar-refractivity contribution >= 4 is 39.5 Å². The van der Waals surface area contributed by atoms with Crippen LogP contribution in [0.4, 0.5) is 0 Å². The highest BCUT2D eigenvalue weighted by atomic mass is 32.1. The normalized spacial score (nSPS) is 19.6. The van der Waals surface area contributed by atoms with Crippen molar-refractivity contribution < 1.29 is 0 Å². The summed E-state index contributed by atoms with van der Waals surface area (Å²) in [6, 6.07) is 16.0. The van der Waals surface area contributed by atoms with E-state index in [4.69, 9.17) is 12.2 Å². The van der Waals surface area contributed by atoms with E-state index in [-0.39, 0.29) is 0 Å². The first-order valence-electron chi connectivity index (χ1n) is 6.93. The van der Waals surface area contributed by atoms with E-state index in [0.29, 0.717) is 17.1 Å². The first-order chi connectivity index (χ1) is 10.7. The minimum Gasteiger partial charge on any atom is -0.328 e. The van der Waals surface area contributed by atoms with Gasteiger partial charge in [0.1, 0.15) is 11.7 Å². The maximum absolute atomic E-state index is 9.17. The van der Waals surface area contributed by atoms with Crippen LogP contribution in [0.5, 0.6) is 0 Å². The molecule has 1 unspecified atom stereocenters. The summed E-state index contributed by atoms with van der Waals surface area (Å²) >= 11 is 5.20. The third-order valence-corrected chi connectivity index (χ3v) is 3.98. The summed E-state index contributed by atoms with van der Waals surface area (Å²) < 4.78 is 0. The van der Waals surface area contributed by atoms with Gasteiger partial charge in [0.15, 0.2) is 6.04 Å². The van der Waals surface area contributed by atoms with Crippen molar-refractivity contribution in [3.05, 3.63) is 48.0 Å². The summed E-state index contributed by atoms with van der Waals surface area (Å²) in [5.74, 6) is 1.28. The van der Waals surface area contributed by atoms with Crippen molar-refractivity contribution in [3.8, 4) is 6.07 Å². The maximum atomic E-state index is 9.17. The monoisotopic (exact) mass is 306 g/mol. The standard InChI is InChI=1S/C17H14N4S/c1-19-17-16(22)14(10-18)20-15(21-17)9-11-6-7-12-4-2-3-5-13(12)8-11/h2-8,14H,9H2,1H3,(H,19,20,21). The summed E-state index contributed by atoms with van der Waals surface area (Å²) in [5, 5.41) is 14.7. The van der Waals surface area contributed by atoms with Crippen LogP contribution in [0.1, 0.15) is 5.56 Å². The number of aliphatic imine (C=N–C) groups is 2. The molecule has 2 aromatic rings. The lowest BCUT2D eigenvalue weighted by atomic mass is 10.0. The van der Waals surface area contributed by atoms with E-state index in [1.807, 2.05) is 12.1 Å². The molecule has 1 aliphatic heterocycles. The van der Waals surface area contributed by atoms with Gasteiger partial charge >= 0.3 is 0 Å². The van der Waals surface area contributed by atoms with Gasteiger partial charge < -0.3 is 5.32 Å². The van der Waals surface area contributed by atoms with E-state index in [2.05, 4.69) is 51.7 Å². The lowest BCUT2D eigenvalue weighted by molar-refractivity contribution is 1.03. The van der Waals surface area contributed by atoms with E-state index < -0.39 is 6.04 Å². The second-order valence-electron chi connectivity index (χ2n) is 5.03. The molecule has 4 nitrogen and oxygen atoms in total. The van der Waals surface area contributed by atoms with Crippen LogP contribution in [0.3, 0.4) is 0 Å². The second kappa shape index (κ2) is 6.04. The third kappa shape index (κ3) is 2.74. The molecule has 1 N–H and O–H groups in total. The van der Waals surface area contributed by atoms with Gasteiger partial charge in [-0.2, -0.15) is 5.26 Å². The molecule has 5 heteroatoms. The number of nitriles is 1. The Morgan fingerprint density at radius 2 is 2.05 bits per heavy atom. The number of hydrogen-bond donors (Lipinski definition) is 1. The maximum Gasteiger partial charge on any atom is 0.177 e. The van der Waals surface area contributed by atoms with Gasteiger partial charge in [0.25, 0.3) is 0 Å². The molecule has 2 aromatic carbocycles. The summed E-state index contributed by atoms with van der Waals surface area (Å²) in [6.45, 7) is 0. The predicted octanol–water partition coefficient (Wildman–Crippen LogP) is 2.67. The van der Waals surface area contributed by atoms with Crippen LogP contribution >= 0.6 is 12.2 Å². The number of nitrogens with zero attached hydrogens (tertiary/aromatic N) is 3. The molecule has 3 rings (SSSR count). The number of nitrogens with one attached hydrogen (secondary N) is 1. The van der Waals surface area contributed by atoms with Gasteiger partial charge in [-0.25, -0.2) is 4.99 Å². The minimum absolute atomic E-state index is 0.451. The van der Waals surface area contributed by atoms with E-state index >= 15 is 0 Å². The second-order valence-corrected chi connectivity index (χ2v) is 5.47. The van der Waals surface area contributed by atoms with E-state index in [1.54, 1.807) is 7.05 Å². The SMILES string of the molecule is CN=C1NC(Cc2ccc3ccccc3c2)=NC(C#N)C1=S. The van der Waals surface area contributed by atoms with E-state index in [9.17, 15) is 5.26 Å². The zero-order valence-electron chi connectivity index (χ0n) is 12.1. The van der Waals surface area contributed by atoms with Crippen LogP contribution in [0.2, 0.25) is 0 Å². The van der Waals surface area contributed by atoms with Crippen LogP contribution in [-0.2, 0) is 6.42 Å². The molecule has 0 spiro atoms. The molecule has 0 aliphatic carbocycles. The zero-order chi connectivity index (χ0) is 15.5. The summed E-state index contributed by atoms with van der Waals surface area (Å²) in [7, 11) is 1.65. The Labute approximate surface area is 134 Å². The quantitative estimate of drug-likeness (QED) is 0.868. The lowest BCUT2D eigenvalue weighted by Gasteiger charge is -2.20. The largest absolute Gasteiger partial charge is 0.328 e. The Bertz CT molecular complexity index is 845. The predicted molar refractivity (Wildman–Crippen MR) is 93.6 cm³/mol. The van der Waals surface area contributed by atoms with Crippen molar-refractivity contribution in [1.82, 2.24) is 5.32 Å². The Balaban J connectivity index is 1.91. The first kappa shape index (κ1) is 14.4. The van der Waals surface area contributed by atoms with Gasteiger partial charge in [-0.1, -0.05) is 54.7 Å². The minimum atomic E-state index is -0.634. The van der Waals surface area contributed by atoms with E-state index in [1.165, 1.54) is 10.8 Å². The van der Waals surface area contributed by atoms with Crippen LogP contribution in [0.25, 0.3) is 10.8 Å². The Kier molecular flexibility index (Phi) is 3.94. The number of hydrogen-bond acceptors (Lipinski definition) is 4. The third-order valence-electron chi connectivity index (χ3n) is 3.56. The molecule has 0 bridgehead atoms. The van der Waals surface area contributed by atoms with Crippen LogP contribution in [0, 0.1) is 11.3 Å². The average molecular weight is 306 g/mol. The van der Waals surface area contributed by atoms with Gasteiger partial charge in [0.2, 0.25) is 0 Å². The van der Waals surface area contributed by atoms with Gasteiger partial charge in [0, 0.05) is 13.5 Å². The molecule has 108 valence electrons. The highest BCUT2D eigenvalue weighted by molar-refractivity contribution is 7.82. The van der Waals surface area contributed by atoms with Crippen molar-refractivity contribution in [2.75, 3.05) is 7.05 Å². The van der Waals surface area contributed by atoms with Crippen molar-refractivity contribution in [1.29, 1.82) is 5.26 Å². The Morgan fingerprint density at radius 3 is 2.77 bits per heavy atom. The topological polar surface area (TPSA) is 60.5 Å². The van der Waals surface area contributed by atoms with E-state index in [0.717, 1.165) is 11.4 Å². The summed E-state index contributed by atoms with van der Waals surface area (Å²) in [5.41, 5.74) is 1.13. The molecule has 0 fully saturated rings. The highest BCUT2D eigenvalue weighted by Crippen LogP contribution is 2.16. The number of fused-ring (bicyclic) bond motifs is 1. The number of benzene rings is 2. The summed E-state index contributed by atoms with van der Waals surface area (Å²) in [6.07, 6.45) is 0.616. The van der Waals surface area contributed by atoms with Crippen LogP contribution in [-0.4, -0.2) is 29.6 Å².